The van der Waals surface area contributed by atoms with Crippen LogP contribution in [0, 0.1) is 0 Å². The van der Waals surface area contributed by atoms with Crippen LogP contribution in [0.3, 0.4) is 0 Å². The van der Waals surface area contributed by atoms with E-state index in [0.717, 1.165) is 12.8 Å². The number of anilines is 1. The van der Waals surface area contributed by atoms with Crippen molar-refractivity contribution in [3.63, 3.8) is 0 Å². The first-order chi connectivity index (χ1) is 7.27. The largest absolute Gasteiger partial charge is 0.383 e. The smallest absolute Gasteiger partial charge is 0.126 e. The van der Waals surface area contributed by atoms with Crippen LogP contribution in [-0.2, 0) is 0 Å². The fraction of sp³-hybridized carbons (Fsp3) is 0.583. The van der Waals surface area contributed by atoms with E-state index in [-0.39, 0.29) is 0 Å². The van der Waals surface area contributed by atoms with Crippen LogP contribution in [0.1, 0.15) is 43.6 Å². The molecule has 0 bridgehead atoms. The first-order valence-electron chi connectivity index (χ1n) is 5.62. The van der Waals surface area contributed by atoms with Gasteiger partial charge in [-0.15, -0.1) is 11.6 Å². The standard InChI is InChI=1S/C12H17ClN2/c13-10-5-2-1-4-9(8-10)11-6-3-7-15-12(11)14/h3,6-7,9-10H,1-2,4-5,8H2,(H2,14,15). The minimum Gasteiger partial charge on any atom is -0.383 e. The number of hydrogen-bond donors (Lipinski definition) is 1. The summed E-state index contributed by atoms with van der Waals surface area (Å²) in [6, 6.07) is 4.04. The number of nitrogens with zero attached hydrogens (tertiary/aromatic N) is 1. The highest BCUT2D eigenvalue weighted by molar-refractivity contribution is 6.20. The van der Waals surface area contributed by atoms with Crippen LogP contribution in [0.5, 0.6) is 0 Å². The van der Waals surface area contributed by atoms with Crippen LogP contribution in [0.4, 0.5) is 5.82 Å². The minimum atomic E-state index is 0.303. The van der Waals surface area contributed by atoms with Gasteiger partial charge in [-0.3, -0.25) is 0 Å². The average molecular weight is 225 g/mol. The fourth-order valence-electron chi connectivity index (χ4n) is 2.36. The molecular formula is C12H17ClN2. The van der Waals surface area contributed by atoms with Crippen molar-refractivity contribution < 1.29 is 0 Å². The fourth-order valence-corrected chi connectivity index (χ4v) is 2.73. The molecule has 0 aliphatic heterocycles. The molecule has 0 aromatic carbocycles. The van der Waals surface area contributed by atoms with Crippen molar-refractivity contribution in [3.8, 4) is 0 Å². The van der Waals surface area contributed by atoms with E-state index in [0.29, 0.717) is 17.1 Å². The number of nitrogen functional groups attached to an aromatic ring is 1. The van der Waals surface area contributed by atoms with Crippen molar-refractivity contribution >= 4 is 17.4 Å². The lowest BCUT2D eigenvalue weighted by Gasteiger charge is -2.17. The Hall–Kier alpha value is -0.760. The first-order valence-corrected chi connectivity index (χ1v) is 6.05. The van der Waals surface area contributed by atoms with Crippen molar-refractivity contribution in [1.82, 2.24) is 4.98 Å². The second-order valence-electron chi connectivity index (χ2n) is 4.29. The van der Waals surface area contributed by atoms with Crippen LogP contribution in [0.25, 0.3) is 0 Å². The molecule has 82 valence electrons. The molecule has 0 spiro atoms. The number of halogens is 1. The lowest BCUT2D eigenvalue weighted by atomic mass is 9.92. The Bertz CT molecular complexity index is 327. The summed E-state index contributed by atoms with van der Waals surface area (Å²) in [5, 5.41) is 0.303. The zero-order valence-electron chi connectivity index (χ0n) is 8.82. The molecule has 1 fully saturated rings. The van der Waals surface area contributed by atoms with Crippen LogP contribution >= 0.6 is 11.6 Å². The Labute approximate surface area is 95.8 Å². The van der Waals surface area contributed by atoms with Crippen LogP contribution < -0.4 is 5.73 Å². The van der Waals surface area contributed by atoms with Crippen molar-refractivity contribution in [1.29, 1.82) is 0 Å². The summed E-state index contributed by atoms with van der Waals surface area (Å²) in [5.41, 5.74) is 7.08. The van der Waals surface area contributed by atoms with Gasteiger partial charge in [-0.05, 0) is 36.8 Å². The second-order valence-corrected chi connectivity index (χ2v) is 4.91. The van der Waals surface area contributed by atoms with Crippen molar-refractivity contribution in [2.24, 2.45) is 0 Å². The molecule has 2 nitrogen and oxygen atoms in total. The normalized spacial score (nSPS) is 27.3. The molecule has 1 aliphatic carbocycles. The number of hydrogen-bond acceptors (Lipinski definition) is 2. The quantitative estimate of drug-likeness (QED) is 0.587. The Balaban J connectivity index is 2.18. The van der Waals surface area contributed by atoms with Crippen LogP contribution in [0.2, 0.25) is 0 Å². The van der Waals surface area contributed by atoms with Gasteiger partial charge in [0.1, 0.15) is 5.82 Å². The van der Waals surface area contributed by atoms with E-state index in [4.69, 9.17) is 17.3 Å². The van der Waals surface area contributed by atoms with Gasteiger partial charge in [0, 0.05) is 11.6 Å². The van der Waals surface area contributed by atoms with E-state index in [9.17, 15) is 0 Å². The summed E-state index contributed by atoms with van der Waals surface area (Å²) in [4.78, 5) is 4.14. The Morgan fingerprint density at radius 1 is 1.33 bits per heavy atom. The maximum atomic E-state index is 6.26. The third-order valence-corrected chi connectivity index (χ3v) is 3.57. The third kappa shape index (κ3) is 2.63. The number of nitrogens with two attached hydrogens (primary N) is 1. The van der Waals surface area contributed by atoms with Gasteiger partial charge in [0.25, 0.3) is 0 Å². The van der Waals surface area contributed by atoms with Gasteiger partial charge in [0.15, 0.2) is 0 Å². The molecule has 0 radical (unpaired) electrons. The predicted octanol–water partition coefficient (Wildman–Crippen LogP) is 3.32. The van der Waals surface area contributed by atoms with Gasteiger partial charge in [0.05, 0.1) is 0 Å². The topological polar surface area (TPSA) is 38.9 Å². The molecule has 2 N–H and O–H groups in total. The van der Waals surface area contributed by atoms with Gasteiger partial charge in [-0.1, -0.05) is 18.9 Å². The number of pyridine rings is 1. The molecule has 1 aliphatic rings. The maximum absolute atomic E-state index is 6.26. The number of alkyl halides is 1. The number of aromatic nitrogens is 1. The number of rotatable bonds is 1. The Morgan fingerprint density at radius 2 is 2.13 bits per heavy atom. The zero-order chi connectivity index (χ0) is 10.7. The molecule has 1 saturated carbocycles. The monoisotopic (exact) mass is 224 g/mol. The van der Waals surface area contributed by atoms with E-state index in [1.54, 1.807) is 6.20 Å². The molecule has 1 aromatic heterocycles. The molecule has 3 heteroatoms. The van der Waals surface area contributed by atoms with Gasteiger partial charge < -0.3 is 5.73 Å². The van der Waals surface area contributed by atoms with E-state index >= 15 is 0 Å². The average Bonchev–Trinajstić information content (AvgIpc) is 2.43. The lowest BCUT2D eigenvalue weighted by Crippen LogP contribution is -2.07. The minimum absolute atomic E-state index is 0.303. The summed E-state index contributed by atoms with van der Waals surface area (Å²) in [7, 11) is 0. The molecule has 15 heavy (non-hydrogen) atoms. The molecule has 0 amide bonds. The maximum Gasteiger partial charge on any atom is 0.126 e. The van der Waals surface area contributed by atoms with Gasteiger partial charge >= 0.3 is 0 Å². The Morgan fingerprint density at radius 3 is 2.93 bits per heavy atom. The highest BCUT2D eigenvalue weighted by atomic mass is 35.5. The van der Waals surface area contributed by atoms with E-state index < -0.39 is 0 Å². The van der Waals surface area contributed by atoms with E-state index in [1.807, 2.05) is 6.07 Å². The molecule has 2 unspecified atom stereocenters. The highest BCUT2D eigenvalue weighted by Crippen LogP contribution is 2.35. The predicted molar refractivity (Wildman–Crippen MR) is 64.1 cm³/mol. The third-order valence-electron chi connectivity index (χ3n) is 3.17. The van der Waals surface area contributed by atoms with E-state index in [2.05, 4.69) is 11.1 Å². The lowest BCUT2D eigenvalue weighted by molar-refractivity contribution is 0.595. The Kier molecular flexibility index (Phi) is 3.47. The molecule has 1 aromatic rings. The summed E-state index contributed by atoms with van der Waals surface area (Å²) < 4.78 is 0. The van der Waals surface area contributed by atoms with Crippen LogP contribution in [0.15, 0.2) is 18.3 Å². The van der Waals surface area contributed by atoms with Crippen molar-refractivity contribution in [3.05, 3.63) is 23.9 Å². The van der Waals surface area contributed by atoms with Gasteiger partial charge in [0.2, 0.25) is 0 Å². The van der Waals surface area contributed by atoms with Gasteiger partial charge in [-0.25, -0.2) is 4.98 Å². The SMILES string of the molecule is Nc1ncccc1C1CCCCC(Cl)C1. The van der Waals surface area contributed by atoms with Gasteiger partial charge in [-0.2, -0.15) is 0 Å². The molecule has 0 saturated heterocycles. The van der Waals surface area contributed by atoms with E-state index in [1.165, 1.54) is 24.8 Å². The van der Waals surface area contributed by atoms with Crippen molar-refractivity contribution in [2.45, 2.75) is 43.4 Å². The summed E-state index contributed by atoms with van der Waals surface area (Å²) >= 11 is 6.26. The van der Waals surface area contributed by atoms with Crippen molar-refractivity contribution in [2.75, 3.05) is 5.73 Å². The summed E-state index contributed by atoms with van der Waals surface area (Å²) in [5.74, 6) is 1.18. The zero-order valence-corrected chi connectivity index (χ0v) is 9.58. The molecule has 2 rings (SSSR count). The summed E-state index contributed by atoms with van der Waals surface area (Å²) in [6.45, 7) is 0. The molecule has 2 atom stereocenters. The first kappa shape index (κ1) is 10.7. The van der Waals surface area contributed by atoms with Crippen LogP contribution in [-0.4, -0.2) is 10.4 Å². The highest BCUT2D eigenvalue weighted by Gasteiger charge is 2.21. The molecular weight excluding hydrogens is 208 g/mol. The second kappa shape index (κ2) is 4.84. The summed E-state index contributed by atoms with van der Waals surface area (Å²) in [6.07, 6.45) is 7.61. The molecule has 1 heterocycles.